The van der Waals surface area contributed by atoms with Crippen molar-refractivity contribution < 1.29 is 19.0 Å². The van der Waals surface area contributed by atoms with Gasteiger partial charge in [0.25, 0.3) is 0 Å². The molecule has 6 nitrogen and oxygen atoms in total. The van der Waals surface area contributed by atoms with E-state index in [9.17, 15) is 4.79 Å². The third-order valence-electron chi connectivity index (χ3n) is 6.34. The molecule has 1 amide bonds. The van der Waals surface area contributed by atoms with Crippen LogP contribution in [0.5, 0.6) is 5.75 Å². The number of amides is 1. The van der Waals surface area contributed by atoms with Crippen molar-refractivity contribution >= 4 is 11.6 Å². The average molecular weight is 433 g/mol. The van der Waals surface area contributed by atoms with Gasteiger partial charge in [0.05, 0.1) is 6.61 Å². The summed E-state index contributed by atoms with van der Waals surface area (Å²) in [7, 11) is 0. The van der Waals surface area contributed by atoms with Gasteiger partial charge in [0, 0.05) is 45.2 Å². The Kier molecular flexibility index (Phi) is 9.02. The van der Waals surface area contributed by atoms with Gasteiger partial charge in [-0.2, -0.15) is 0 Å². The number of nitrogens with zero attached hydrogens (tertiary/aromatic N) is 2. The fourth-order valence-electron chi connectivity index (χ4n) is 4.35. The zero-order valence-electron chi connectivity index (χ0n) is 19.6. The highest BCUT2D eigenvalue weighted by Gasteiger charge is 2.36. The SMILES string of the molecule is CCCCCCCCC1(C)OCC(COc2ccc(N3CCN(C(C)=O)CC3)cc2)O1. The van der Waals surface area contributed by atoms with Crippen LogP contribution in [-0.4, -0.2) is 62.1 Å². The molecule has 0 bridgehead atoms. The summed E-state index contributed by atoms with van der Waals surface area (Å²) in [6.07, 6.45) is 8.58. The average Bonchev–Trinajstić information content (AvgIpc) is 3.16. The number of anilines is 1. The third kappa shape index (κ3) is 7.39. The Balaban J connectivity index is 1.35. The molecule has 2 saturated heterocycles. The van der Waals surface area contributed by atoms with Crippen LogP contribution in [0.1, 0.15) is 65.7 Å². The van der Waals surface area contributed by atoms with E-state index in [4.69, 9.17) is 14.2 Å². The Labute approximate surface area is 187 Å². The molecule has 0 aliphatic carbocycles. The van der Waals surface area contributed by atoms with Crippen molar-refractivity contribution in [1.29, 1.82) is 0 Å². The molecule has 31 heavy (non-hydrogen) atoms. The second kappa shape index (κ2) is 11.7. The topological polar surface area (TPSA) is 51.2 Å². The number of carbonyl (C=O) groups is 1. The Hall–Kier alpha value is -1.79. The first-order chi connectivity index (χ1) is 15.0. The van der Waals surface area contributed by atoms with Gasteiger partial charge in [-0.15, -0.1) is 0 Å². The van der Waals surface area contributed by atoms with Crippen molar-refractivity contribution in [3.63, 3.8) is 0 Å². The largest absolute Gasteiger partial charge is 0.491 e. The summed E-state index contributed by atoms with van der Waals surface area (Å²) in [4.78, 5) is 15.7. The Morgan fingerprint density at radius 1 is 1.06 bits per heavy atom. The third-order valence-corrected chi connectivity index (χ3v) is 6.34. The standard InChI is InChI=1S/C25H40N2O4/c1-4-5-6-7-8-9-14-25(3)30-20-24(31-25)19-29-23-12-10-22(11-13-23)27-17-15-26(16-18-27)21(2)28/h10-13,24H,4-9,14-20H2,1-3H3. The summed E-state index contributed by atoms with van der Waals surface area (Å²) in [6.45, 7) is 10.3. The molecule has 0 saturated carbocycles. The van der Waals surface area contributed by atoms with Gasteiger partial charge in [-0.3, -0.25) is 4.79 Å². The Morgan fingerprint density at radius 3 is 2.42 bits per heavy atom. The van der Waals surface area contributed by atoms with E-state index in [1.165, 1.54) is 37.8 Å². The molecule has 2 fully saturated rings. The van der Waals surface area contributed by atoms with Crippen LogP contribution in [0.3, 0.4) is 0 Å². The van der Waals surface area contributed by atoms with E-state index in [0.717, 1.165) is 44.8 Å². The van der Waals surface area contributed by atoms with Crippen LogP contribution in [0, 0.1) is 0 Å². The summed E-state index contributed by atoms with van der Waals surface area (Å²) in [5.41, 5.74) is 1.17. The zero-order valence-corrected chi connectivity index (χ0v) is 19.6. The molecule has 6 heteroatoms. The van der Waals surface area contributed by atoms with Crippen LogP contribution in [-0.2, 0) is 14.3 Å². The van der Waals surface area contributed by atoms with Gasteiger partial charge in [-0.05, 0) is 37.6 Å². The fourth-order valence-corrected chi connectivity index (χ4v) is 4.35. The minimum absolute atomic E-state index is 0.0237. The highest BCUT2D eigenvalue weighted by atomic mass is 16.7. The molecule has 2 heterocycles. The van der Waals surface area contributed by atoms with Gasteiger partial charge < -0.3 is 24.0 Å². The Bertz CT molecular complexity index is 673. The van der Waals surface area contributed by atoms with Crippen molar-refractivity contribution in [2.75, 3.05) is 44.3 Å². The van der Waals surface area contributed by atoms with E-state index in [1.807, 2.05) is 17.0 Å². The number of piperazine rings is 1. The number of benzene rings is 1. The van der Waals surface area contributed by atoms with Crippen LogP contribution in [0.15, 0.2) is 24.3 Å². The van der Waals surface area contributed by atoms with E-state index >= 15 is 0 Å². The molecule has 0 spiro atoms. The lowest BCUT2D eigenvalue weighted by atomic mass is 10.1. The van der Waals surface area contributed by atoms with Crippen LogP contribution in [0.4, 0.5) is 5.69 Å². The van der Waals surface area contributed by atoms with E-state index in [1.54, 1.807) is 6.92 Å². The highest BCUT2D eigenvalue weighted by Crippen LogP contribution is 2.30. The van der Waals surface area contributed by atoms with E-state index < -0.39 is 5.79 Å². The number of ether oxygens (including phenoxy) is 3. The summed E-state index contributed by atoms with van der Waals surface area (Å²) in [6, 6.07) is 8.21. The zero-order chi connectivity index (χ0) is 22.1. The van der Waals surface area contributed by atoms with Crippen LogP contribution >= 0.6 is 0 Å². The van der Waals surface area contributed by atoms with Crippen LogP contribution in [0.25, 0.3) is 0 Å². The van der Waals surface area contributed by atoms with E-state index in [0.29, 0.717) is 13.2 Å². The van der Waals surface area contributed by atoms with Gasteiger partial charge in [0.2, 0.25) is 5.91 Å². The van der Waals surface area contributed by atoms with Gasteiger partial charge in [-0.1, -0.05) is 39.0 Å². The molecule has 0 N–H and O–H groups in total. The predicted molar refractivity (Wildman–Crippen MR) is 124 cm³/mol. The minimum Gasteiger partial charge on any atom is -0.491 e. The lowest BCUT2D eigenvalue weighted by Gasteiger charge is -2.35. The predicted octanol–water partition coefficient (Wildman–Crippen LogP) is 4.62. The van der Waals surface area contributed by atoms with Gasteiger partial charge in [0.15, 0.2) is 5.79 Å². The number of rotatable bonds is 11. The second-order valence-corrected chi connectivity index (χ2v) is 9.00. The maximum absolute atomic E-state index is 11.5. The molecule has 174 valence electrons. The van der Waals surface area contributed by atoms with Crippen molar-refractivity contribution in [2.24, 2.45) is 0 Å². The second-order valence-electron chi connectivity index (χ2n) is 9.00. The van der Waals surface area contributed by atoms with Crippen molar-refractivity contribution in [2.45, 2.75) is 77.6 Å². The van der Waals surface area contributed by atoms with Crippen molar-refractivity contribution in [3.05, 3.63) is 24.3 Å². The maximum Gasteiger partial charge on any atom is 0.219 e. The molecule has 3 rings (SSSR count). The monoisotopic (exact) mass is 432 g/mol. The smallest absolute Gasteiger partial charge is 0.219 e. The summed E-state index contributed by atoms with van der Waals surface area (Å²) in [5.74, 6) is 0.536. The molecular weight excluding hydrogens is 392 g/mol. The van der Waals surface area contributed by atoms with Crippen LogP contribution < -0.4 is 9.64 Å². The first-order valence-corrected chi connectivity index (χ1v) is 12.0. The molecule has 0 aromatic heterocycles. The number of hydrogen-bond acceptors (Lipinski definition) is 5. The van der Waals surface area contributed by atoms with Gasteiger partial charge in [-0.25, -0.2) is 0 Å². The van der Waals surface area contributed by atoms with Gasteiger partial charge in [0.1, 0.15) is 18.5 Å². The number of unbranched alkanes of at least 4 members (excludes halogenated alkanes) is 5. The Morgan fingerprint density at radius 2 is 1.74 bits per heavy atom. The van der Waals surface area contributed by atoms with E-state index in [-0.39, 0.29) is 12.0 Å². The van der Waals surface area contributed by atoms with Crippen molar-refractivity contribution in [1.82, 2.24) is 4.90 Å². The molecule has 1 aromatic carbocycles. The van der Waals surface area contributed by atoms with Crippen LogP contribution in [0.2, 0.25) is 0 Å². The number of hydrogen-bond donors (Lipinski definition) is 0. The molecule has 1 aromatic rings. The molecule has 0 radical (unpaired) electrons. The normalized spacial score (nSPS) is 23.9. The molecule has 2 aliphatic rings. The maximum atomic E-state index is 11.5. The van der Waals surface area contributed by atoms with E-state index in [2.05, 4.69) is 30.9 Å². The first-order valence-electron chi connectivity index (χ1n) is 12.0. The van der Waals surface area contributed by atoms with Crippen molar-refractivity contribution in [3.8, 4) is 5.75 Å². The minimum atomic E-state index is -0.468. The summed E-state index contributed by atoms with van der Waals surface area (Å²) in [5, 5.41) is 0. The molecule has 2 aliphatic heterocycles. The first kappa shape index (κ1) is 23.9. The highest BCUT2D eigenvalue weighted by molar-refractivity contribution is 5.73. The summed E-state index contributed by atoms with van der Waals surface area (Å²) < 4.78 is 18.1. The van der Waals surface area contributed by atoms with Gasteiger partial charge >= 0.3 is 0 Å². The molecule has 2 atom stereocenters. The lowest BCUT2D eigenvalue weighted by Crippen LogP contribution is -2.48. The summed E-state index contributed by atoms with van der Waals surface area (Å²) >= 11 is 0. The lowest BCUT2D eigenvalue weighted by molar-refractivity contribution is -0.161. The fraction of sp³-hybridized carbons (Fsp3) is 0.720. The quantitative estimate of drug-likeness (QED) is 0.478. The molecule has 2 unspecified atom stereocenters. The molecular formula is C25H40N2O4. The number of carbonyl (C=O) groups excluding carboxylic acids is 1.